The van der Waals surface area contributed by atoms with Gasteiger partial charge in [-0.1, -0.05) is 200 Å². The number of anilines is 9. The summed E-state index contributed by atoms with van der Waals surface area (Å²) < 4.78 is 0. The molecule has 1 aliphatic carbocycles. The predicted molar refractivity (Wildman–Crippen MR) is 311 cm³/mol. The monoisotopic (exact) mass is 941 g/mol. The highest BCUT2D eigenvalue weighted by atomic mass is 15.2. The Morgan fingerprint density at radius 1 is 0.257 bits per heavy atom. The largest absolute Gasteiger partial charge is 0.310 e. The molecule has 2 aliphatic rings. The lowest BCUT2D eigenvalue weighted by Gasteiger charge is -2.45. The van der Waals surface area contributed by atoms with E-state index in [-0.39, 0.29) is 0 Å². The lowest BCUT2D eigenvalue weighted by atomic mass is 9.64. The van der Waals surface area contributed by atoms with E-state index in [0.717, 1.165) is 51.2 Å². The molecule has 1 spiro atoms. The number of nitrogens with zero attached hydrogens (tertiary/aromatic N) is 3. The van der Waals surface area contributed by atoms with E-state index in [9.17, 15) is 0 Å². The van der Waals surface area contributed by atoms with Gasteiger partial charge in [0.05, 0.1) is 28.2 Å². The van der Waals surface area contributed by atoms with Crippen molar-refractivity contribution < 1.29 is 0 Å². The lowest BCUT2D eigenvalue weighted by Crippen LogP contribution is -2.36. The van der Waals surface area contributed by atoms with Crippen LogP contribution in [0.3, 0.4) is 0 Å². The van der Waals surface area contributed by atoms with E-state index in [1.807, 2.05) is 0 Å². The zero-order chi connectivity index (χ0) is 48.7. The zero-order valence-electron chi connectivity index (χ0n) is 40.5. The molecule has 0 bridgehead atoms. The van der Waals surface area contributed by atoms with Crippen molar-refractivity contribution in [3.05, 3.63) is 307 Å². The fourth-order valence-corrected chi connectivity index (χ4v) is 12.7. The molecule has 0 unspecified atom stereocenters. The number of benzene rings is 13. The molecule has 0 N–H and O–H groups in total. The molecule has 0 saturated heterocycles. The van der Waals surface area contributed by atoms with E-state index in [1.54, 1.807) is 0 Å². The zero-order valence-corrected chi connectivity index (χ0v) is 40.5. The van der Waals surface area contributed by atoms with E-state index in [2.05, 4.69) is 300 Å². The van der Waals surface area contributed by atoms with E-state index >= 15 is 0 Å². The van der Waals surface area contributed by atoms with Crippen molar-refractivity contribution in [1.29, 1.82) is 0 Å². The van der Waals surface area contributed by atoms with Gasteiger partial charge in [-0.05, 0) is 151 Å². The van der Waals surface area contributed by atoms with E-state index in [4.69, 9.17) is 0 Å². The average Bonchev–Trinajstić information content (AvgIpc) is 3.77. The van der Waals surface area contributed by atoms with Gasteiger partial charge in [0.15, 0.2) is 0 Å². The van der Waals surface area contributed by atoms with Gasteiger partial charge in [0.2, 0.25) is 0 Å². The van der Waals surface area contributed by atoms with E-state index in [1.165, 1.54) is 76.5 Å². The molecule has 0 amide bonds. The maximum Gasteiger partial charge on any atom is 0.0755 e. The number of hydrogen-bond donors (Lipinski definition) is 0. The topological polar surface area (TPSA) is 9.72 Å². The third-order valence-electron chi connectivity index (χ3n) is 15.7. The summed E-state index contributed by atoms with van der Waals surface area (Å²) in [6.07, 6.45) is 0. The minimum Gasteiger partial charge on any atom is -0.310 e. The van der Waals surface area contributed by atoms with Crippen molar-refractivity contribution in [1.82, 2.24) is 0 Å². The van der Waals surface area contributed by atoms with Gasteiger partial charge < -0.3 is 14.7 Å². The smallest absolute Gasteiger partial charge is 0.0755 e. The minimum absolute atomic E-state index is 0.739. The summed E-state index contributed by atoms with van der Waals surface area (Å²) in [5.41, 5.74) is 16.8. The minimum atomic E-state index is -0.739. The SMILES string of the molecule is c1ccc(N2c3ccccc3C3(c4cc(N(c5ccccc5)c5cc6ccccc6c6ccccc56)ccc4-c4ccc(N(c5ccccc5)c5cc6ccccc6c6ccccc56)cc43)c3ccccc32)cc1. The summed E-state index contributed by atoms with van der Waals surface area (Å²) in [5, 5.41) is 9.78. The van der Waals surface area contributed by atoms with Gasteiger partial charge in [-0.2, -0.15) is 0 Å². The van der Waals surface area contributed by atoms with Crippen LogP contribution in [0.25, 0.3) is 54.2 Å². The third kappa shape index (κ3) is 6.20. The Morgan fingerprint density at radius 3 is 1.08 bits per heavy atom. The van der Waals surface area contributed by atoms with Crippen LogP contribution in [0.2, 0.25) is 0 Å². The molecule has 0 saturated carbocycles. The van der Waals surface area contributed by atoms with Gasteiger partial charge in [0, 0.05) is 39.2 Å². The number of fused-ring (bicyclic) bond motifs is 15. The van der Waals surface area contributed by atoms with Crippen molar-refractivity contribution in [3.8, 4) is 11.1 Å². The Hall–Kier alpha value is -9.70. The Bertz CT molecular complexity index is 4070. The van der Waals surface area contributed by atoms with Crippen molar-refractivity contribution in [2.24, 2.45) is 0 Å². The second-order valence-corrected chi connectivity index (χ2v) is 19.6. The average molecular weight is 942 g/mol. The highest BCUT2D eigenvalue weighted by molar-refractivity contribution is 6.16. The Labute approximate surface area is 430 Å². The Kier molecular flexibility index (Phi) is 9.48. The molecule has 0 aromatic heterocycles. The van der Waals surface area contributed by atoms with Crippen LogP contribution in [0.5, 0.6) is 0 Å². The van der Waals surface area contributed by atoms with Crippen LogP contribution < -0.4 is 14.7 Å². The summed E-state index contributed by atoms with van der Waals surface area (Å²) in [6, 6.07) is 106. The number of hydrogen-bond acceptors (Lipinski definition) is 3. The molecule has 3 nitrogen and oxygen atoms in total. The van der Waals surface area contributed by atoms with Crippen molar-refractivity contribution in [2.45, 2.75) is 5.41 Å². The second-order valence-electron chi connectivity index (χ2n) is 19.6. The quantitative estimate of drug-likeness (QED) is 0.147. The van der Waals surface area contributed by atoms with Gasteiger partial charge in [-0.25, -0.2) is 0 Å². The summed E-state index contributed by atoms with van der Waals surface area (Å²) in [4.78, 5) is 7.43. The standard InChI is InChI=1S/C71H47N3/c1-4-24-50(25-5-1)72(69-44-48-22-10-12-30-55(48)57-32-14-16-34-61(57)69)53-40-42-59-60-43-41-54(73(51-26-6-2-7-27-51)70-45-49-23-11-13-31-56(49)58-33-15-17-35-62(58)70)47-66(60)71(65(59)46-53)63-36-18-20-38-67(63)74(52-28-8-3-9-29-52)68-39-21-19-37-64(68)71/h1-47H. The Balaban J connectivity index is 1.04. The molecule has 13 aromatic rings. The van der Waals surface area contributed by atoms with Gasteiger partial charge in [-0.15, -0.1) is 0 Å². The summed E-state index contributed by atoms with van der Waals surface area (Å²) in [7, 11) is 0. The maximum absolute atomic E-state index is 2.52. The predicted octanol–water partition coefficient (Wildman–Crippen LogP) is 19.4. The first-order chi connectivity index (χ1) is 36.7. The first-order valence-electron chi connectivity index (χ1n) is 25.6. The van der Waals surface area contributed by atoms with Gasteiger partial charge in [0.25, 0.3) is 0 Å². The molecule has 13 aromatic carbocycles. The van der Waals surface area contributed by atoms with Gasteiger partial charge in [-0.3, -0.25) is 0 Å². The number of para-hydroxylation sites is 5. The molecule has 0 atom stereocenters. The third-order valence-corrected chi connectivity index (χ3v) is 15.7. The lowest BCUT2D eigenvalue weighted by molar-refractivity contribution is 0.752. The highest BCUT2D eigenvalue weighted by Gasteiger charge is 2.52. The van der Waals surface area contributed by atoms with E-state index < -0.39 is 5.41 Å². The highest BCUT2D eigenvalue weighted by Crippen LogP contribution is 2.65. The van der Waals surface area contributed by atoms with Crippen LogP contribution >= 0.6 is 0 Å². The summed E-state index contributed by atoms with van der Waals surface area (Å²) in [6.45, 7) is 0. The normalized spacial score (nSPS) is 12.9. The van der Waals surface area contributed by atoms with Crippen molar-refractivity contribution >= 4 is 94.3 Å². The van der Waals surface area contributed by atoms with Crippen LogP contribution in [0, 0.1) is 0 Å². The molecule has 74 heavy (non-hydrogen) atoms. The number of rotatable bonds is 7. The molecule has 0 fully saturated rings. The van der Waals surface area contributed by atoms with Crippen LogP contribution in [0.4, 0.5) is 51.2 Å². The first-order valence-corrected chi connectivity index (χ1v) is 25.6. The molecule has 3 heteroatoms. The van der Waals surface area contributed by atoms with Crippen molar-refractivity contribution in [2.75, 3.05) is 14.7 Å². The van der Waals surface area contributed by atoms with Gasteiger partial charge in [0.1, 0.15) is 0 Å². The molecule has 346 valence electrons. The fraction of sp³-hybridized carbons (Fsp3) is 0.0141. The van der Waals surface area contributed by atoms with Crippen LogP contribution in [-0.4, -0.2) is 0 Å². The van der Waals surface area contributed by atoms with Gasteiger partial charge >= 0.3 is 0 Å². The second kappa shape index (κ2) is 16.7. The molecule has 1 heterocycles. The maximum atomic E-state index is 2.52. The molecule has 15 rings (SSSR count). The van der Waals surface area contributed by atoms with Crippen molar-refractivity contribution in [3.63, 3.8) is 0 Å². The van der Waals surface area contributed by atoms with Crippen LogP contribution in [0.15, 0.2) is 285 Å². The molecule has 0 radical (unpaired) electrons. The molecule has 1 aliphatic heterocycles. The van der Waals surface area contributed by atoms with Crippen LogP contribution in [-0.2, 0) is 5.41 Å². The fourth-order valence-electron chi connectivity index (χ4n) is 12.7. The van der Waals surface area contributed by atoms with Crippen LogP contribution in [0.1, 0.15) is 22.3 Å². The molecular weight excluding hydrogens is 895 g/mol. The summed E-state index contributed by atoms with van der Waals surface area (Å²) in [5.74, 6) is 0. The Morgan fingerprint density at radius 2 is 0.622 bits per heavy atom. The van der Waals surface area contributed by atoms with E-state index in [0.29, 0.717) is 0 Å². The summed E-state index contributed by atoms with van der Waals surface area (Å²) >= 11 is 0. The molecular formula is C71H47N3. The first kappa shape index (κ1) is 42.0.